The number of esters is 1. The van der Waals surface area contributed by atoms with Gasteiger partial charge in [-0.1, -0.05) is 19.3 Å². The van der Waals surface area contributed by atoms with Crippen molar-refractivity contribution in [2.75, 3.05) is 7.05 Å². The second-order valence-electron chi connectivity index (χ2n) is 6.78. The summed E-state index contributed by atoms with van der Waals surface area (Å²) in [6.45, 7) is 6.67. The number of aliphatic carboxylic acids is 1. The van der Waals surface area contributed by atoms with Crippen LogP contribution in [-0.4, -0.2) is 46.2 Å². The molecule has 0 unspecified atom stereocenters. The van der Waals surface area contributed by atoms with Gasteiger partial charge in [-0.3, -0.25) is 4.90 Å². The second kappa shape index (κ2) is 6.12. The van der Waals surface area contributed by atoms with Crippen LogP contribution in [0, 0.1) is 0 Å². The maximum absolute atomic E-state index is 12.4. The van der Waals surface area contributed by atoms with Crippen LogP contribution in [0.1, 0.15) is 59.8 Å². The predicted octanol–water partition coefficient (Wildman–Crippen LogP) is 2.44. The largest absolute Gasteiger partial charge is 0.479 e. The van der Waals surface area contributed by atoms with Crippen LogP contribution in [-0.2, 0) is 14.3 Å². The molecule has 1 atom stereocenters. The number of hydrogen-bond donors (Lipinski definition) is 1. The minimum absolute atomic E-state index is 0.123. The molecule has 1 N–H and O–H groups in total. The number of carbonyl (C=O) groups excluding carboxylic acids is 1. The summed E-state index contributed by atoms with van der Waals surface area (Å²) in [5.74, 6) is -1.84. The molecule has 1 fully saturated rings. The number of carbonyl (C=O) groups is 2. The molecule has 1 aliphatic carbocycles. The highest BCUT2D eigenvalue weighted by Gasteiger charge is 2.50. The zero-order valence-corrected chi connectivity index (χ0v) is 13.2. The molecule has 0 aliphatic heterocycles. The third-order valence-corrected chi connectivity index (χ3v) is 4.04. The predicted molar refractivity (Wildman–Crippen MR) is 76.5 cm³/mol. The standard InChI is InChI=1S/C15H27NO4/c1-14(2,3)20-13(19)15(4,12(17)18)16(5)11-9-7-6-8-10-11/h11H,6-10H2,1-5H3,(H,17,18)/t15-/m0/s1. The molecule has 1 aliphatic rings. The van der Waals surface area contributed by atoms with Gasteiger partial charge in [-0.15, -0.1) is 0 Å². The fraction of sp³-hybridized carbons (Fsp3) is 0.867. The van der Waals surface area contributed by atoms with E-state index in [1.165, 1.54) is 13.3 Å². The molecule has 116 valence electrons. The van der Waals surface area contributed by atoms with E-state index in [-0.39, 0.29) is 6.04 Å². The van der Waals surface area contributed by atoms with Gasteiger partial charge in [-0.25, -0.2) is 9.59 Å². The van der Waals surface area contributed by atoms with Crippen molar-refractivity contribution >= 4 is 11.9 Å². The number of likely N-dealkylation sites (N-methyl/N-ethyl adjacent to an activating group) is 1. The van der Waals surface area contributed by atoms with Crippen LogP contribution in [0.2, 0.25) is 0 Å². The lowest BCUT2D eigenvalue weighted by Crippen LogP contribution is -2.61. The summed E-state index contributed by atoms with van der Waals surface area (Å²) in [4.78, 5) is 25.7. The lowest BCUT2D eigenvalue weighted by atomic mass is 9.89. The first-order valence-electron chi connectivity index (χ1n) is 7.29. The van der Waals surface area contributed by atoms with E-state index >= 15 is 0 Å². The first kappa shape index (κ1) is 17.0. The van der Waals surface area contributed by atoms with Crippen molar-refractivity contribution in [2.24, 2.45) is 0 Å². The molecular formula is C15H27NO4. The van der Waals surface area contributed by atoms with Crippen LogP contribution < -0.4 is 0 Å². The third kappa shape index (κ3) is 3.72. The number of rotatable bonds is 4. The Morgan fingerprint density at radius 3 is 2.00 bits per heavy atom. The van der Waals surface area contributed by atoms with E-state index in [4.69, 9.17) is 4.74 Å². The molecule has 0 saturated heterocycles. The quantitative estimate of drug-likeness (QED) is 0.635. The zero-order chi connectivity index (χ0) is 15.6. The topological polar surface area (TPSA) is 66.8 Å². The highest BCUT2D eigenvalue weighted by molar-refractivity contribution is 6.03. The van der Waals surface area contributed by atoms with Crippen molar-refractivity contribution in [1.29, 1.82) is 0 Å². The Morgan fingerprint density at radius 1 is 1.10 bits per heavy atom. The van der Waals surface area contributed by atoms with E-state index in [9.17, 15) is 14.7 Å². The maximum Gasteiger partial charge on any atom is 0.338 e. The minimum Gasteiger partial charge on any atom is -0.479 e. The van der Waals surface area contributed by atoms with Gasteiger partial charge in [-0.05, 0) is 47.6 Å². The zero-order valence-electron chi connectivity index (χ0n) is 13.2. The Hall–Kier alpha value is -1.10. The second-order valence-corrected chi connectivity index (χ2v) is 6.78. The number of hydrogen-bond acceptors (Lipinski definition) is 4. The van der Waals surface area contributed by atoms with Crippen LogP contribution in [0.3, 0.4) is 0 Å². The van der Waals surface area contributed by atoms with E-state index in [1.54, 1.807) is 32.7 Å². The van der Waals surface area contributed by atoms with Crippen molar-refractivity contribution < 1.29 is 19.4 Å². The van der Waals surface area contributed by atoms with Crippen molar-refractivity contribution in [3.05, 3.63) is 0 Å². The highest BCUT2D eigenvalue weighted by atomic mass is 16.6. The van der Waals surface area contributed by atoms with Crippen LogP contribution in [0.15, 0.2) is 0 Å². The number of carboxylic acid groups (broad SMARTS) is 1. The molecule has 0 aromatic heterocycles. The van der Waals surface area contributed by atoms with Crippen molar-refractivity contribution in [1.82, 2.24) is 4.90 Å². The number of nitrogens with zero attached hydrogens (tertiary/aromatic N) is 1. The van der Waals surface area contributed by atoms with Crippen molar-refractivity contribution in [2.45, 2.75) is 77.0 Å². The van der Waals surface area contributed by atoms with E-state index in [2.05, 4.69) is 0 Å². The Balaban J connectivity index is 2.95. The molecule has 0 radical (unpaired) electrons. The molecule has 0 heterocycles. The van der Waals surface area contributed by atoms with E-state index in [0.717, 1.165) is 25.7 Å². The molecular weight excluding hydrogens is 258 g/mol. The summed E-state index contributed by atoms with van der Waals surface area (Å²) < 4.78 is 5.31. The molecule has 0 amide bonds. The number of ether oxygens (including phenoxy) is 1. The minimum atomic E-state index is -1.63. The van der Waals surface area contributed by atoms with Crippen LogP contribution >= 0.6 is 0 Å². The normalized spacial score (nSPS) is 20.5. The van der Waals surface area contributed by atoms with Gasteiger partial charge in [-0.2, -0.15) is 0 Å². The SMILES string of the molecule is CN(C1CCCCC1)[C@@](C)(C(=O)O)C(=O)OC(C)(C)C. The Kier molecular flexibility index (Phi) is 5.19. The van der Waals surface area contributed by atoms with Crippen LogP contribution in [0.4, 0.5) is 0 Å². The van der Waals surface area contributed by atoms with Gasteiger partial charge in [0.2, 0.25) is 5.54 Å². The van der Waals surface area contributed by atoms with Gasteiger partial charge in [0, 0.05) is 6.04 Å². The molecule has 5 nitrogen and oxygen atoms in total. The summed E-state index contributed by atoms with van der Waals surface area (Å²) in [6.07, 6.45) is 5.21. The van der Waals surface area contributed by atoms with Gasteiger partial charge >= 0.3 is 11.9 Å². The summed E-state index contributed by atoms with van der Waals surface area (Å²) in [5, 5.41) is 9.56. The number of carboxylic acids is 1. The molecule has 5 heteroatoms. The first-order valence-corrected chi connectivity index (χ1v) is 7.29. The Bertz CT molecular complexity index is 369. The molecule has 1 saturated carbocycles. The molecule has 0 spiro atoms. The third-order valence-electron chi connectivity index (χ3n) is 4.04. The average molecular weight is 285 g/mol. The fourth-order valence-corrected chi connectivity index (χ4v) is 2.59. The molecule has 0 aromatic carbocycles. The fourth-order valence-electron chi connectivity index (χ4n) is 2.59. The lowest BCUT2D eigenvalue weighted by molar-refractivity contribution is -0.179. The van der Waals surface area contributed by atoms with E-state index in [0.29, 0.717) is 0 Å². The molecule has 0 aromatic rings. The monoisotopic (exact) mass is 285 g/mol. The van der Waals surface area contributed by atoms with Gasteiger partial charge < -0.3 is 9.84 Å². The summed E-state index contributed by atoms with van der Waals surface area (Å²) in [6, 6.07) is 0.123. The van der Waals surface area contributed by atoms with E-state index < -0.39 is 23.1 Å². The van der Waals surface area contributed by atoms with Gasteiger partial charge in [0.25, 0.3) is 0 Å². The Labute approximate surface area is 121 Å². The first-order chi connectivity index (χ1) is 9.09. The molecule has 0 bridgehead atoms. The summed E-state index contributed by atoms with van der Waals surface area (Å²) >= 11 is 0. The van der Waals surface area contributed by atoms with Crippen LogP contribution in [0.5, 0.6) is 0 Å². The maximum atomic E-state index is 12.4. The molecule has 1 rings (SSSR count). The van der Waals surface area contributed by atoms with Crippen molar-refractivity contribution in [3.63, 3.8) is 0 Å². The van der Waals surface area contributed by atoms with E-state index in [1.807, 2.05) is 0 Å². The molecule has 20 heavy (non-hydrogen) atoms. The summed E-state index contributed by atoms with van der Waals surface area (Å²) in [7, 11) is 1.72. The van der Waals surface area contributed by atoms with Crippen LogP contribution in [0.25, 0.3) is 0 Å². The van der Waals surface area contributed by atoms with Gasteiger partial charge in [0.15, 0.2) is 0 Å². The highest BCUT2D eigenvalue weighted by Crippen LogP contribution is 2.29. The van der Waals surface area contributed by atoms with Gasteiger partial charge in [0.1, 0.15) is 5.60 Å². The lowest BCUT2D eigenvalue weighted by Gasteiger charge is -2.41. The average Bonchev–Trinajstić information content (AvgIpc) is 2.35. The Morgan fingerprint density at radius 2 is 1.60 bits per heavy atom. The smallest absolute Gasteiger partial charge is 0.338 e. The van der Waals surface area contributed by atoms with Gasteiger partial charge in [0.05, 0.1) is 0 Å². The summed E-state index contributed by atoms with van der Waals surface area (Å²) in [5.41, 5.74) is -2.32. The van der Waals surface area contributed by atoms with Crippen molar-refractivity contribution in [3.8, 4) is 0 Å².